The average Bonchev–Trinajstić information content (AvgIpc) is 2.40. The second kappa shape index (κ2) is 6.60. The van der Waals surface area contributed by atoms with Crippen molar-refractivity contribution in [1.29, 1.82) is 0 Å². The Bertz CT molecular complexity index is 542. The van der Waals surface area contributed by atoms with Crippen molar-refractivity contribution in [3.63, 3.8) is 0 Å². The molecule has 0 aliphatic rings. The second-order valence-electron chi connectivity index (χ2n) is 4.57. The fourth-order valence-corrected chi connectivity index (χ4v) is 2.33. The lowest BCUT2D eigenvalue weighted by Gasteiger charge is -2.18. The molecule has 0 aliphatic heterocycles. The molecule has 2 aromatic carbocycles. The molecule has 0 heterocycles. The average molecular weight is 276 g/mol. The van der Waals surface area contributed by atoms with Crippen LogP contribution in [0.5, 0.6) is 5.75 Å². The zero-order valence-corrected chi connectivity index (χ0v) is 11.7. The van der Waals surface area contributed by atoms with Gasteiger partial charge in [-0.15, -0.1) is 0 Å². The Morgan fingerprint density at radius 1 is 1.16 bits per heavy atom. The highest BCUT2D eigenvalue weighted by molar-refractivity contribution is 6.30. The molecule has 3 heteroatoms. The first-order chi connectivity index (χ1) is 9.19. The van der Waals surface area contributed by atoms with Gasteiger partial charge in [0.05, 0.1) is 0 Å². The molecule has 2 N–H and O–H groups in total. The van der Waals surface area contributed by atoms with Crippen molar-refractivity contribution >= 4 is 11.6 Å². The summed E-state index contributed by atoms with van der Waals surface area (Å²) in [5, 5.41) is 13.7. The van der Waals surface area contributed by atoms with Crippen LogP contribution in [0.4, 0.5) is 0 Å². The Morgan fingerprint density at radius 3 is 2.63 bits per heavy atom. The van der Waals surface area contributed by atoms with E-state index in [9.17, 15) is 5.11 Å². The fourth-order valence-electron chi connectivity index (χ4n) is 2.13. The van der Waals surface area contributed by atoms with E-state index >= 15 is 0 Å². The van der Waals surface area contributed by atoms with Gasteiger partial charge in [-0.25, -0.2) is 0 Å². The van der Waals surface area contributed by atoms with E-state index in [2.05, 4.69) is 18.3 Å². The minimum Gasteiger partial charge on any atom is -0.508 e. The van der Waals surface area contributed by atoms with Gasteiger partial charge in [0.2, 0.25) is 0 Å². The number of rotatable bonds is 5. The smallest absolute Gasteiger partial charge is 0.115 e. The Labute approximate surface area is 119 Å². The zero-order chi connectivity index (χ0) is 13.7. The molecule has 0 spiro atoms. The van der Waals surface area contributed by atoms with Crippen molar-refractivity contribution in [3.05, 3.63) is 64.7 Å². The monoisotopic (exact) mass is 275 g/mol. The van der Waals surface area contributed by atoms with Crippen LogP contribution >= 0.6 is 11.6 Å². The molecule has 2 nitrogen and oxygen atoms in total. The number of phenolic OH excluding ortho intramolecular Hbond substituents is 1. The van der Waals surface area contributed by atoms with E-state index in [1.165, 1.54) is 5.56 Å². The van der Waals surface area contributed by atoms with Crippen molar-refractivity contribution < 1.29 is 5.11 Å². The SMILES string of the molecule is CCC(NCc1cccc(O)c1)c1cccc(Cl)c1. The molecule has 1 unspecified atom stereocenters. The minimum atomic E-state index is 0.265. The number of hydrogen-bond donors (Lipinski definition) is 2. The van der Waals surface area contributed by atoms with Gasteiger partial charge in [0.15, 0.2) is 0 Å². The van der Waals surface area contributed by atoms with Crippen LogP contribution in [0.25, 0.3) is 0 Å². The van der Waals surface area contributed by atoms with Gasteiger partial charge in [-0.3, -0.25) is 0 Å². The van der Waals surface area contributed by atoms with Gasteiger partial charge >= 0.3 is 0 Å². The zero-order valence-electron chi connectivity index (χ0n) is 10.9. The summed E-state index contributed by atoms with van der Waals surface area (Å²) in [4.78, 5) is 0. The third-order valence-corrected chi connectivity index (χ3v) is 3.36. The number of nitrogens with one attached hydrogen (secondary N) is 1. The number of benzene rings is 2. The van der Waals surface area contributed by atoms with Gasteiger partial charge in [-0.05, 0) is 41.8 Å². The van der Waals surface area contributed by atoms with E-state index in [0.717, 1.165) is 23.6 Å². The highest BCUT2D eigenvalue weighted by Crippen LogP contribution is 2.21. The Hall–Kier alpha value is -1.51. The maximum Gasteiger partial charge on any atom is 0.115 e. The highest BCUT2D eigenvalue weighted by atomic mass is 35.5. The number of halogens is 1. The first-order valence-corrected chi connectivity index (χ1v) is 6.83. The van der Waals surface area contributed by atoms with Crippen LogP contribution in [-0.4, -0.2) is 5.11 Å². The van der Waals surface area contributed by atoms with E-state index in [1.54, 1.807) is 12.1 Å². The topological polar surface area (TPSA) is 32.3 Å². The standard InChI is InChI=1S/C16H18ClNO/c1-2-16(13-6-4-7-14(17)10-13)18-11-12-5-3-8-15(19)9-12/h3-10,16,18-19H,2,11H2,1H3. The molecule has 0 aromatic heterocycles. The number of aromatic hydroxyl groups is 1. The van der Waals surface area contributed by atoms with Crippen LogP contribution in [0.15, 0.2) is 48.5 Å². The summed E-state index contributed by atoms with van der Waals surface area (Å²) >= 11 is 6.02. The van der Waals surface area contributed by atoms with Gasteiger partial charge in [0, 0.05) is 17.6 Å². The number of phenols is 1. The second-order valence-corrected chi connectivity index (χ2v) is 5.00. The molecular weight excluding hydrogens is 258 g/mol. The molecule has 0 saturated heterocycles. The normalized spacial score (nSPS) is 12.3. The van der Waals surface area contributed by atoms with Crippen LogP contribution < -0.4 is 5.32 Å². The maximum absolute atomic E-state index is 9.44. The van der Waals surface area contributed by atoms with E-state index in [0.29, 0.717) is 5.75 Å². The first kappa shape index (κ1) is 13.9. The van der Waals surface area contributed by atoms with Crippen molar-refractivity contribution in [3.8, 4) is 5.75 Å². The largest absolute Gasteiger partial charge is 0.508 e. The molecule has 100 valence electrons. The molecule has 2 rings (SSSR count). The number of hydrogen-bond acceptors (Lipinski definition) is 2. The van der Waals surface area contributed by atoms with Crippen molar-refractivity contribution in [1.82, 2.24) is 5.32 Å². The summed E-state index contributed by atoms with van der Waals surface area (Å²) in [6.07, 6.45) is 0.985. The first-order valence-electron chi connectivity index (χ1n) is 6.46. The van der Waals surface area contributed by atoms with Crippen LogP contribution in [0.1, 0.15) is 30.5 Å². The molecule has 19 heavy (non-hydrogen) atoms. The summed E-state index contributed by atoms with van der Waals surface area (Å²) in [5.74, 6) is 0.301. The molecule has 0 amide bonds. The summed E-state index contributed by atoms with van der Waals surface area (Å²) in [5.41, 5.74) is 2.26. The van der Waals surface area contributed by atoms with E-state index < -0.39 is 0 Å². The maximum atomic E-state index is 9.44. The summed E-state index contributed by atoms with van der Waals surface area (Å²) in [7, 11) is 0. The van der Waals surface area contributed by atoms with Crippen molar-refractivity contribution in [2.24, 2.45) is 0 Å². The molecule has 0 fully saturated rings. The van der Waals surface area contributed by atoms with Crippen LogP contribution in [0, 0.1) is 0 Å². The van der Waals surface area contributed by atoms with E-state index in [1.807, 2.05) is 30.3 Å². The van der Waals surface area contributed by atoms with Crippen LogP contribution in [0.2, 0.25) is 5.02 Å². The molecule has 2 aromatic rings. The Balaban J connectivity index is 2.04. The quantitative estimate of drug-likeness (QED) is 0.853. The molecule has 0 aliphatic carbocycles. The van der Waals surface area contributed by atoms with Gasteiger partial charge in [0.1, 0.15) is 5.75 Å². The third-order valence-electron chi connectivity index (χ3n) is 3.12. The van der Waals surface area contributed by atoms with Crippen molar-refractivity contribution in [2.45, 2.75) is 25.9 Å². The molecule has 0 radical (unpaired) electrons. The van der Waals surface area contributed by atoms with Gasteiger partial charge in [-0.2, -0.15) is 0 Å². The minimum absolute atomic E-state index is 0.265. The summed E-state index contributed by atoms with van der Waals surface area (Å²) < 4.78 is 0. The molecular formula is C16H18ClNO. The predicted molar refractivity (Wildman–Crippen MR) is 79.4 cm³/mol. The summed E-state index contributed by atoms with van der Waals surface area (Å²) in [6.45, 7) is 2.86. The lowest BCUT2D eigenvalue weighted by atomic mass is 10.0. The predicted octanol–water partition coefficient (Wildman–Crippen LogP) is 4.29. The lowest BCUT2D eigenvalue weighted by Crippen LogP contribution is -2.20. The van der Waals surface area contributed by atoms with Gasteiger partial charge < -0.3 is 10.4 Å². The molecule has 0 saturated carbocycles. The Morgan fingerprint density at radius 2 is 1.95 bits per heavy atom. The van der Waals surface area contributed by atoms with Gasteiger partial charge in [0.25, 0.3) is 0 Å². The van der Waals surface area contributed by atoms with Gasteiger partial charge in [-0.1, -0.05) is 42.8 Å². The van der Waals surface area contributed by atoms with E-state index in [-0.39, 0.29) is 6.04 Å². The van der Waals surface area contributed by atoms with Crippen LogP contribution in [-0.2, 0) is 6.54 Å². The highest BCUT2D eigenvalue weighted by Gasteiger charge is 2.09. The molecule has 1 atom stereocenters. The molecule has 0 bridgehead atoms. The fraction of sp³-hybridized carbons (Fsp3) is 0.250. The van der Waals surface area contributed by atoms with Crippen LogP contribution in [0.3, 0.4) is 0 Å². The van der Waals surface area contributed by atoms with E-state index in [4.69, 9.17) is 11.6 Å². The summed E-state index contributed by atoms with van der Waals surface area (Å²) in [6, 6.07) is 15.5. The van der Waals surface area contributed by atoms with Crippen molar-refractivity contribution in [2.75, 3.05) is 0 Å². The third kappa shape index (κ3) is 3.98. The lowest BCUT2D eigenvalue weighted by molar-refractivity contribution is 0.472. The Kier molecular flexibility index (Phi) is 4.83.